The minimum atomic E-state index is -3.20. The molecular formula is C17H15F3N2O5. The Labute approximate surface area is 151 Å². The second-order valence-electron chi connectivity index (χ2n) is 5.74. The molecule has 2 N–H and O–H groups in total. The van der Waals surface area contributed by atoms with Crippen LogP contribution in [0.1, 0.15) is 12.0 Å². The molecule has 2 aromatic rings. The normalized spacial score (nSPS) is 15.0. The van der Waals surface area contributed by atoms with Crippen molar-refractivity contribution in [1.82, 2.24) is 9.88 Å². The van der Waals surface area contributed by atoms with E-state index in [1.165, 1.54) is 18.3 Å². The maximum Gasteiger partial charge on any atom is 0.414 e. The minimum Gasteiger partial charge on any atom is -0.449 e. The van der Waals surface area contributed by atoms with Crippen molar-refractivity contribution in [3.05, 3.63) is 48.0 Å². The van der Waals surface area contributed by atoms with Gasteiger partial charge >= 0.3 is 12.7 Å². The monoisotopic (exact) mass is 384 g/mol. The summed E-state index contributed by atoms with van der Waals surface area (Å²) < 4.78 is 47.3. The zero-order valence-corrected chi connectivity index (χ0v) is 13.8. The fraction of sp³-hybridized carbons (Fsp3) is 0.294. The fourth-order valence-electron chi connectivity index (χ4n) is 2.64. The Bertz CT molecular complexity index is 847. The number of pyridine rings is 1. The quantitative estimate of drug-likeness (QED) is 0.770. The number of rotatable bonds is 5. The first-order valence-electron chi connectivity index (χ1n) is 7.88. The van der Waals surface area contributed by atoms with Gasteiger partial charge in [0.1, 0.15) is 0 Å². The van der Waals surface area contributed by atoms with E-state index in [0.717, 1.165) is 23.2 Å². The number of cyclic esters (lactones) is 1. The number of carbonyl (C=O) groups excluding carboxylic acids is 1. The van der Waals surface area contributed by atoms with Gasteiger partial charge in [-0.25, -0.2) is 9.18 Å². The molecule has 1 aromatic heterocycles. The van der Waals surface area contributed by atoms with Crippen LogP contribution in [0.3, 0.4) is 0 Å². The van der Waals surface area contributed by atoms with Crippen LogP contribution in [-0.4, -0.2) is 46.0 Å². The van der Waals surface area contributed by atoms with Crippen molar-refractivity contribution in [3.8, 4) is 16.9 Å². The van der Waals surface area contributed by atoms with E-state index in [1.807, 2.05) is 0 Å². The summed E-state index contributed by atoms with van der Waals surface area (Å²) in [6.45, 7) is -2.97. The topological polar surface area (TPSA) is 92.1 Å². The highest BCUT2D eigenvalue weighted by Crippen LogP contribution is 2.31. The lowest BCUT2D eigenvalue weighted by Gasteiger charge is -2.36. The Morgan fingerprint density at radius 2 is 2.00 bits per heavy atom. The molecule has 0 saturated carbocycles. The molecule has 7 nitrogen and oxygen atoms in total. The summed E-state index contributed by atoms with van der Waals surface area (Å²) in [5.41, 5.74) is 0.363. The first kappa shape index (κ1) is 18.9. The Morgan fingerprint density at radius 3 is 2.70 bits per heavy atom. The van der Waals surface area contributed by atoms with Crippen LogP contribution in [-0.2, 0) is 10.6 Å². The van der Waals surface area contributed by atoms with Gasteiger partial charge in [-0.05, 0) is 30.2 Å². The highest BCUT2D eigenvalue weighted by molar-refractivity contribution is 5.70. The van der Waals surface area contributed by atoms with E-state index in [4.69, 9.17) is 4.74 Å². The summed E-state index contributed by atoms with van der Waals surface area (Å²) in [4.78, 5) is 16.4. The van der Waals surface area contributed by atoms with Crippen LogP contribution in [0.4, 0.5) is 18.0 Å². The van der Waals surface area contributed by atoms with Gasteiger partial charge in [0.05, 0.1) is 12.2 Å². The molecule has 2 heterocycles. The molecule has 1 saturated heterocycles. The van der Waals surface area contributed by atoms with Gasteiger partial charge in [0.25, 0.3) is 5.91 Å². The van der Waals surface area contributed by atoms with Gasteiger partial charge < -0.3 is 19.7 Å². The summed E-state index contributed by atoms with van der Waals surface area (Å²) in [7, 11) is 0. The van der Waals surface area contributed by atoms with Crippen LogP contribution < -0.4 is 4.74 Å². The third-order valence-electron chi connectivity index (χ3n) is 3.95. The number of nitrogens with zero attached hydrogens (tertiary/aromatic N) is 2. The second-order valence-corrected chi connectivity index (χ2v) is 5.74. The van der Waals surface area contributed by atoms with Crippen LogP contribution in [0.2, 0.25) is 0 Å². The molecule has 1 aliphatic rings. The molecule has 1 aromatic carbocycles. The largest absolute Gasteiger partial charge is 0.449 e. The van der Waals surface area contributed by atoms with Gasteiger partial charge in [-0.2, -0.15) is 8.78 Å². The molecular weight excluding hydrogens is 369 g/mol. The smallest absolute Gasteiger partial charge is 0.414 e. The Balaban J connectivity index is 1.95. The Kier molecular flexibility index (Phi) is 5.19. The van der Waals surface area contributed by atoms with E-state index in [0.29, 0.717) is 6.42 Å². The van der Waals surface area contributed by atoms with E-state index in [1.54, 1.807) is 0 Å². The predicted molar refractivity (Wildman–Crippen MR) is 85.0 cm³/mol. The summed E-state index contributed by atoms with van der Waals surface area (Å²) in [6, 6.07) is 4.55. The molecule has 27 heavy (non-hydrogen) atoms. The number of halogens is 3. The standard InChI is InChI=1S/C17H15F3N2O5/c18-13-3-2-10(7-14(13)27-15(19)20)11-6-12(9-21-8-11)17(24,25)22-4-1-5-26-16(22)23/h2-3,6-9,15,24-25H,1,4-5H2. The molecule has 1 aliphatic heterocycles. The van der Waals surface area contributed by atoms with E-state index in [-0.39, 0.29) is 29.8 Å². The van der Waals surface area contributed by atoms with Gasteiger partial charge in [-0.15, -0.1) is 0 Å². The number of aliphatic hydroxyl groups is 2. The predicted octanol–water partition coefficient (Wildman–Crippen LogP) is 2.43. The lowest BCUT2D eigenvalue weighted by atomic mass is 10.0. The molecule has 1 fully saturated rings. The SMILES string of the molecule is O=C1OCCCN1C(O)(O)c1cncc(-c2ccc(F)c(OC(F)F)c2)c1. The van der Waals surface area contributed by atoms with Gasteiger partial charge in [0.2, 0.25) is 0 Å². The fourth-order valence-corrected chi connectivity index (χ4v) is 2.64. The van der Waals surface area contributed by atoms with Crippen LogP contribution in [0.25, 0.3) is 11.1 Å². The zero-order chi connectivity index (χ0) is 19.6. The number of alkyl halides is 2. The number of aromatic nitrogens is 1. The molecule has 0 radical (unpaired) electrons. The van der Waals surface area contributed by atoms with E-state index >= 15 is 0 Å². The summed E-state index contributed by atoms with van der Waals surface area (Å²) >= 11 is 0. The van der Waals surface area contributed by atoms with Crippen molar-refractivity contribution in [3.63, 3.8) is 0 Å². The van der Waals surface area contributed by atoms with Gasteiger partial charge in [0.15, 0.2) is 11.6 Å². The number of amides is 1. The number of hydrogen-bond acceptors (Lipinski definition) is 6. The lowest BCUT2D eigenvalue weighted by molar-refractivity contribution is -0.265. The minimum absolute atomic E-state index is 0.0545. The molecule has 0 spiro atoms. The van der Waals surface area contributed by atoms with Crippen molar-refractivity contribution in [2.24, 2.45) is 0 Å². The van der Waals surface area contributed by atoms with E-state index in [2.05, 4.69) is 9.72 Å². The highest BCUT2D eigenvalue weighted by atomic mass is 19.3. The maximum atomic E-state index is 13.6. The van der Waals surface area contributed by atoms with Crippen molar-refractivity contribution < 1.29 is 37.7 Å². The summed E-state index contributed by atoms with van der Waals surface area (Å²) in [5.74, 6) is -4.33. The van der Waals surface area contributed by atoms with Crippen LogP contribution in [0, 0.1) is 5.82 Å². The zero-order valence-electron chi connectivity index (χ0n) is 13.8. The molecule has 3 rings (SSSR count). The maximum absolute atomic E-state index is 13.6. The first-order valence-corrected chi connectivity index (χ1v) is 7.88. The average Bonchev–Trinajstić information content (AvgIpc) is 2.63. The Hall–Kier alpha value is -2.85. The molecule has 144 valence electrons. The van der Waals surface area contributed by atoms with Gasteiger partial charge in [-0.3, -0.25) is 9.88 Å². The highest BCUT2D eigenvalue weighted by Gasteiger charge is 2.40. The molecule has 10 heteroatoms. The van der Waals surface area contributed by atoms with E-state index < -0.39 is 30.2 Å². The number of hydrogen-bond donors (Lipinski definition) is 2. The number of ether oxygens (including phenoxy) is 2. The van der Waals surface area contributed by atoms with Gasteiger partial charge in [0, 0.05) is 24.5 Å². The second kappa shape index (κ2) is 7.41. The summed E-state index contributed by atoms with van der Waals surface area (Å²) in [6.07, 6.45) is 1.96. The molecule has 0 atom stereocenters. The van der Waals surface area contributed by atoms with Gasteiger partial charge in [-0.1, -0.05) is 6.07 Å². The van der Waals surface area contributed by atoms with Crippen molar-refractivity contribution in [1.29, 1.82) is 0 Å². The van der Waals surface area contributed by atoms with Crippen LogP contribution in [0.5, 0.6) is 5.75 Å². The van der Waals surface area contributed by atoms with Crippen LogP contribution in [0.15, 0.2) is 36.7 Å². The summed E-state index contributed by atoms with van der Waals surface area (Å²) in [5, 5.41) is 20.9. The first-order chi connectivity index (χ1) is 12.8. The molecule has 0 bridgehead atoms. The molecule has 1 amide bonds. The average molecular weight is 384 g/mol. The van der Waals surface area contributed by atoms with Crippen LogP contribution >= 0.6 is 0 Å². The lowest BCUT2D eigenvalue weighted by Crippen LogP contribution is -2.52. The van der Waals surface area contributed by atoms with Crippen molar-refractivity contribution >= 4 is 6.09 Å². The molecule has 0 unspecified atom stereocenters. The number of benzene rings is 1. The third kappa shape index (κ3) is 3.96. The van der Waals surface area contributed by atoms with Crippen molar-refractivity contribution in [2.45, 2.75) is 18.9 Å². The third-order valence-corrected chi connectivity index (χ3v) is 3.95. The van der Waals surface area contributed by atoms with Crippen molar-refractivity contribution in [2.75, 3.05) is 13.2 Å². The van der Waals surface area contributed by atoms with E-state index in [9.17, 15) is 28.2 Å². The Morgan fingerprint density at radius 1 is 1.22 bits per heavy atom. The molecule has 0 aliphatic carbocycles. The number of carbonyl (C=O) groups is 1.